The van der Waals surface area contributed by atoms with Gasteiger partial charge in [0, 0.05) is 18.0 Å². The summed E-state index contributed by atoms with van der Waals surface area (Å²) in [7, 11) is 0. The molecule has 2 heterocycles. The van der Waals surface area contributed by atoms with E-state index in [-0.39, 0.29) is 6.61 Å². The number of carbonyl (C=O) groups excluding carboxylic acids is 1. The molecule has 184 valence electrons. The number of alkyl halides is 3. The van der Waals surface area contributed by atoms with Gasteiger partial charge in [0.2, 0.25) is 5.89 Å². The average Bonchev–Trinajstić information content (AvgIpc) is 3.34. The van der Waals surface area contributed by atoms with Gasteiger partial charge in [0.25, 0.3) is 5.22 Å². The van der Waals surface area contributed by atoms with Crippen LogP contribution in [0.25, 0.3) is 22.2 Å². The van der Waals surface area contributed by atoms with Crippen LogP contribution in [0.1, 0.15) is 10.4 Å². The van der Waals surface area contributed by atoms with Gasteiger partial charge in [-0.3, -0.25) is 4.98 Å². The monoisotopic (exact) mass is 515 g/mol. The first-order valence-electron chi connectivity index (χ1n) is 10.0. The highest BCUT2D eigenvalue weighted by atomic mass is 32.2. The van der Waals surface area contributed by atoms with E-state index in [2.05, 4.69) is 27.0 Å². The smallest absolute Gasteiger partial charge is 0.475 e. The third-order valence-corrected chi connectivity index (χ3v) is 4.95. The minimum Gasteiger partial charge on any atom is -0.475 e. The molecular weight excluding hydrogens is 499 g/mol. The molecule has 0 saturated carbocycles. The molecular formula is C24H16F3N3O5S. The van der Waals surface area contributed by atoms with Crippen LogP contribution in [-0.4, -0.2) is 50.8 Å². The van der Waals surface area contributed by atoms with E-state index in [1.807, 2.05) is 42.5 Å². The van der Waals surface area contributed by atoms with Crippen LogP contribution in [0.5, 0.6) is 0 Å². The van der Waals surface area contributed by atoms with Crippen molar-refractivity contribution in [2.45, 2.75) is 11.4 Å². The molecule has 0 unspecified atom stereocenters. The Bertz CT molecular complexity index is 1390. The molecule has 2 aromatic carbocycles. The van der Waals surface area contributed by atoms with Crippen molar-refractivity contribution in [3.05, 3.63) is 72.6 Å². The molecule has 0 aliphatic rings. The molecule has 0 radical (unpaired) electrons. The van der Waals surface area contributed by atoms with Crippen LogP contribution in [0.15, 0.2) is 76.6 Å². The van der Waals surface area contributed by atoms with Crippen LogP contribution < -0.4 is 0 Å². The number of ether oxygens (including phenoxy) is 1. The Hall–Kier alpha value is -4.37. The third-order valence-electron chi connectivity index (χ3n) is 4.25. The lowest BCUT2D eigenvalue weighted by Crippen LogP contribution is -2.21. The van der Waals surface area contributed by atoms with E-state index in [1.54, 1.807) is 12.1 Å². The minimum absolute atomic E-state index is 0.0206. The molecule has 36 heavy (non-hydrogen) atoms. The highest BCUT2D eigenvalue weighted by Crippen LogP contribution is 2.29. The van der Waals surface area contributed by atoms with Crippen LogP contribution in [0.3, 0.4) is 0 Å². The second-order valence-electron chi connectivity index (χ2n) is 6.66. The Balaban J connectivity index is 0.000000454. The number of carboxylic acid groups (broad SMARTS) is 1. The molecule has 0 aliphatic carbocycles. The summed E-state index contributed by atoms with van der Waals surface area (Å²) in [4.78, 5) is 24.5. The number of halogens is 3. The van der Waals surface area contributed by atoms with Gasteiger partial charge in [0.15, 0.2) is 6.61 Å². The summed E-state index contributed by atoms with van der Waals surface area (Å²) in [5.74, 6) is 3.46. The van der Waals surface area contributed by atoms with E-state index < -0.39 is 18.1 Å². The zero-order chi connectivity index (χ0) is 26.0. The molecule has 0 spiro atoms. The van der Waals surface area contributed by atoms with E-state index in [9.17, 15) is 18.0 Å². The van der Waals surface area contributed by atoms with Crippen molar-refractivity contribution in [3.63, 3.8) is 0 Å². The summed E-state index contributed by atoms with van der Waals surface area (Å²) in [5, 5.41) is 18.0. The maximum Gasteiger partial charge on any atom is 0.490 e. The number of carbonyl (C=O) groups is 2. The number of nitrogens with zero attached hydrogens (tertiary/aromatic N) is 3. The Labute approximate surface area is 206 Å². The average molecular weight is 515 g/mol. The second-order valence-corrected chi connectivity index (χ2v) is 7.58. The number of carboxylic acids is 1. The van der Waals surface area contributed by atoms with Gasteiger partial charge in [0.05, 0.1) is 11.3 Å². The van der Waals surface area contributed by atoms with Crippen LogP contribution in [0.4, 0.5) is 13.2 Å². The molecule has 0 fully saturated rings. The summed E-state index contributed by atoms with van der Waals surface area (Å²) in [5.41, 5.74) is 1.35. The van der Waals surface area contributed by atoms with E-state index in [0.29, 0.717) is 22.4 Å². The normalized spacial score (nSPS) is 10.5. The largest absolute Gasteiger partial charge is 0.490 e. The van der Waals surface area contributed by atoms with E-state index in [0.717, 1.165) is 16.3 Å². The first-order valence-corrected chi connectivity index (χ1v) is 11.0. The van der Waals surface area contributed by atoms with Crippen molar-refractivity contribution in [1.82, 2.24) is 15.2 Å². The number of hydrogen-bond acceptors (Lipinski definition) is 8. The first kappa shape index (κ1) is 26.2. The molecule has 0 atom stereocenters. The highest BCUT2D eigenvalue weighted by Gasteiger charge is 2.38. The molecule has 1 N–H and O–H groups in total. The molecule has 4 aromatic rings. The molecule has 0 aliphatic heterocycles. The number of fused-ring (bicyclic) bond motifs is 1. The Morgan fingerprint density at radius 1 is 1.00 bits per heavy atom. The first-order chi connectivity index (χ1) is 17.3. The van der Waals surface area contributed by atoms with E-state index in [4.69, 9.17) is 19.1 Å². The van der Waals surface area contributed by atoms with Crippen molar-refractivity contribution >= 4 is 34.5 Å². The Morgan fingerprint density at radius 3 is 2.42 bits per heavy atom. The maximum absolute atomic E-state index is 11.8. The predicted octanol–water partition coefficient (Wildman–Crippen LogP) is 4.87. The van der Waals surface area contributed by atoms with Gasteiger partial charge < -0.3 is 14.3 Å². The minimum atomic E-state index is -5.08. The zero-order valence-corrected chi connectivity index (χ0v) is 19.0. The van der Waals surface area contributed by atoms with E-state index in [1.165, 1.54) is 24.2 Å². The molecule has 0 bridgehead atoms. The third kappa shape index (κ3) is 7.57. The number of hydrogen-bond donors (Lipinski definition) is 1. The fraction of sp³-hybridized carbons (Fsp3) is 0.125. The summed E-state index contributed by atoms with van der Waals surface area (Å²) in [6.45, 7) is 0.0206. The zero-order valence-electron chi connectivity index (χ0n) is 18.2. The van der Waals surface area contributed by atoms with Gasteiger partial charge in [0.1, 0.15) is 0 Å². The Morgan fingerprint density at radius 2 is 1.69 bits per heavy atom. The molecule has 8 nitrogen and oxygen atoms in total. The lowest BCUT2D eigenvalue weighted by Gasteiger charge is -2.01. The lowest BCUT2D eigenvalue weighted by atomic mass is 10.0. The van der Waals surface area contributed by atoms with Gasteiger partial charge in [-0.15, -0.1) is 10.2 Å². The maximum atomic E-state index is 11.8. The van der Waals surface area contributed by atoms with Gasteiger partial charge in [-0.1, -0.05) is 60.0 Å². The van der Waals surface area contributed by atoms with Gasteiger partial charge in [-0.05, 0) is 29.0 Å². The number of pyridine rings is 1. The van der Waals surface area contributed by atoms with Crippen molar-refractivity contribution in [3.8, 4) is 23.3 Å². The standard InChI is InChI=1S/C22H15N3O3S.C2HF3O2/c26-21(17-10-12-23-13-11-17)27-14-3-4-15-29-22-25-24-20(28-22)19-9-5-7-16-6-1-2-8-18(16)19;3-2(4,5)1(6)7/h1-2,5-13H,14-15H2;(H,6,7). The van der Waals surface area contributed by atoms with Crippen LogP contribution in [0.2, 0.25) is 0 Å². The van der Waals surface area contributed by atoms with Gasteiger partial charge >= 0.3 is 18.1 Å². The molecule has 2 aromatic heterocycles. The molecule has 0 saturated heterocycles. The van der Waals surface area contributed by atoms with Crippen molar-refractivity contribution < 1.29 is 37.0 Å². The Kier molecular flexibility index (Phi) is 9.01. The van der Waals surface area contributed by atoms with E-state index >= 15 is 0 Å². The van der Waals surface area contributed by atoms with Gasteiger partial charge in [-0.25, -0.2) is 9.59 Å². The number of thioether (sulfide) groups is 1. The molecule has 0 amide bonds. The number of esters is 1. The quantitative estimate of drug-likeness (QED) is 0.226. The van der Waals surface area contributed by atoms with Crippen molar-refractivity contribution in [1.29, 1.82) is 0 Å². The van der Waals surface area contributed by atoms with Crippen molar-refractivity contribution in [2.75, 3.05) is 12.4 Å². The predicted molar refractivity (Wildman–Crippen MR) is 124 cm³/mol. The highest BCUT2D eigenvalue weighted by molar-refractivity contribution is 7.99. The van der Waals surface area contributed by atoms with Crippen LogP contribution >= 0.6 is 11.8 Å². The SMILES string of the molecule is O=C(O)C(F)(F)F.O=C(OCC#CCSc1nnc(-c2cccc3ccccc23)o1)c1ccncc1. The van der Waals surface area contributed by atoms with Crippen LogP contribution in [-0.2, 0) is 9.53 Å². The van der Waals surface area contributed by atoms with Gasteiger partial charge in [-0.2, -0.15) is 13.2 Å². The number of benzene rings is 2. The fourth-order valence-electron chi connectivity index (χ4n) is 2.66. The summed E-state index contributed by atoms with van der Waals surface area (Å²) >= 11 is 1.33. The molecule has 4 rings (SSSR count). The fourth-order valence-corrected chi connectivity index (χ4v) is 3.20. The van der Waals surface area contributed by atoms with Crippen molar-refractivity contribution in [2.24, 2.45) is 0 Å². The number of aliphatic carboxylic acids is 1. The number of aromatic nitrogens is 3. The summed E-state index contributed by atoms with van der Waals surface area (Å²) in [6.07, 6.45) is -2.01. The van der Waals surface area contributed by atoms with Crippen LogP contribution in [0, 0.1) is 11.8 Å². The summed E-state index contributed by atoms with van der Waals surface area (Å²) in [6, 6.07) is 17.2. The lowest BCUT2D eigenvalue weighted by molar-refractivity contribution is -0.192. The second kappa shape index (κ2) is 12.4. The topological polar surface area (TPSA) is 115 Å². The number of rotatable bonds is 5. The summed E-state index contributed by atoms with van der Waals surface area (Å²) < 4.78 is 42.6. The molecule has 12 heteroatoms.